The quantitative estimate of drug-likeness (QED) is 0.0920. The molecular weight excluding hydrogens is 426 g/mol. The molecule has 3 atom stereocenters. The fourth-order valence-electron chi connectivity index (χ4n) is 4.16. The van der Waals surface area contributed by atoms with E-state index in [2.05, 4.69) is 25.7 Å². The highest BCUT2D eigenvalue weighted by atomic mass is 16.5. The van der Waals surface area contributed by atoms with Crippen LogP contribution in [-0.4, -0.2) is 50.2 Å². The first-order valence-corrected chi connectivity index (χ1v) is 13.9. The maximum Gasteiger partial charge on any atom is 0.306 e. The van der Waals surface area contributed by atoms with Gasteiger partial charge >= 0.3 is 11.9 Å². The highest BCUT2D eigenvalue weighted by molar-refractivity contribution is 5.69. The summed E-state index contributed by atoms with van der Waals surface area (Å²) >= 11 is 0. The molecule has 0 heterocycles. The molecule has 0 aromatic heterocycles. The molecule has 0 N–H and O–H groups in total. The van der Waals surface area contributed by atoms with Crippen LogP contribution in [0, 0.1) is 11.8 Å². The van der Waals surface area contributed by atoms with Gasteiger partial charge in [-0.2, -0.15) is 0 Å². The van der Waals surface area contributed by atoms with Gasteiger partial charge in [-0.05, 0) is 51.7 Å². The molecule has 3 unspecified atom stereocenters. The molecular formula is C29H55NO4. The highest BCUT2D eigenvalue weighted by Crippen LogP contribution is 2.22. The zero-order valence-corrected chi connectivity index (χ0v) is 23.3. The molecule has 0 aliphatic carbocycles. The molecule has 34 heavy (non-hydrogen) atoms. The van der Waals surface area contributed by atoms with Gasteiger partial charge < -0.3 is 14.4 Å². The minimum Gasteiger partial charge on any atom is -0.462 e. The van der Waals surface area contributed by atoms with Crippen molar-refractivity contribution in [1.29, 1.82) is 0 Å². The number of ether oxygens (including phenoxy) is 2. The largest absolute Gasteiger partial charge is 0.462 e. The van der Waals surface area contributed by atoms with E-state index in [1.54, 1.807) is 0 Å². The average molecular weight is 482 g/mol. The zero-order valence-electron chi connectivity index (χ0n) is 23.3. The summed E-state index contributed by atoms with van der Waals surface area (Å²) in [5.74, 6) is 1.07. The van der Waals surface area contributed by atoms with Crippen LogP contribution in [-0.2, 0) is 19.1 Å². The Kier molecular flexibility index (Phi) is 21.2. The third-order valence-electron chi connectivity index (χ3n) is 6.41. The predicted octanol–water partition coefficient (Wildman–Crippen LogP) is 7.33. The number of hydrogen-bond acceptors (Lipinski definition) is 5. The van der Waals surface area contributed by atoms with Crippen molar-refractivity contribution in [2.45, 2.75) is 124 Å². The predicted molar refractivity (Wildman–Crippen MR) is 143 cm³/mol. The van der Waals surface area contributed by atoms with Gasteiger partial charge in [0.15, 0.2) is 0 Å². The monoisotopic (exact) mass is 481 g/mol. The fraction of sp³-hybridized carbons (Fsp3) is 0.862. The lowest BCUT2D eigenvalue weighted by Gasteiger charge is -2.20. The van der Waals surface area contributed by atoms with Crippen molar-refractivity contribution in [2.24, 2.45) is 11.8 Å². The molecule has 0 rings (SSSR count). The van der Waals surface area contributed by atoms with Crippen molar-refractivity contribution in [3.05, 3.63) is 12.2 Å². The van der Waals surface area contributed by atoms with Crippen LogP contribution in [0.5, 0.6) is 0 Å². The van der Waals surface area contributed by atoms with Crippen LogP contribution in [0.25, 0.3) is 0 Å². The first-order valence-electron chi connectivity index (χ1n) is 13.9. The van der Waals surface area contributed by atoms with Gasteiger partial charge in [0.05, 0.1) is 0 Å². The van der Waals surface area contributed by atoms with Crippen LogP contribution in [0.4, 0.5) is 0 Å². The Balaban J connectivity index is 4.31. The third kappa shape index (κ3) is 22.4. The molecule has 0 radical (unpaired) electrons. The second kappa shape index (κ2) is 22.1. The Morgan fingerprint density at radius 2 is 1.47 bits per heavy atom. The number of unbranched alkanes of at least 4 members (excludes halogenated alkanes) is 4. The van der Waals surface area contributed by atoms with Crippen LogP contribution in [0.3, 0.4) is 0 Å². The second-order valence-electron chi connectivity index (χ2n) is 10.4. The third-order valence-corrected chi connectivity index (χ3v) is 6.41. The van der Waals surface area contributed by atoms with Crippen molar-refractivity contribution < 1.29 is 19.1 Å². The second-order valence-corrected chi connectivity index (χ2v) is 10.4. The summed E-state index contributed by atoms with van der Waals surface area (Å²) in [6.45, 7) is 9.55. The Morgan fingerprint density at radius 1 is 0.824 bits per heavy atom. The van der Waals surface area contributed by atoms with Crippen LogP contribution in [0.1, 0.15) is 118 Å². The van der Waals surface area contributed by atoms with Gasteiger partial charge in [0.25, 0.3) is 0 Å². The molecule has 5 nitrogen and oxygen atoms in total. The smallest absolute Gasteiger partial charge is 0.306 e. The van der Waals surface area contributed by atoms with Gasteiger partial charge in [-0.1, -0.05) is 90.7 Å². The summed E-state index contributed by atoms with van der Waals surface area (Å²) in [7, 11) is 4.02. The van der Waals surface area contributed by atoms with Gasteiger partial charge in [0.1, 0.15) is 12.7 Å². The number of carbonyl (C=O) groups is 2. The summed E-state index contributed by atoms with van der Waals surface area (Å²) < 4.78 is 10.8. The lowest BCUT2D eigenvalue weighted by atomic mass is 9.92. The van der Waals surface area contributed by atoms with Crippen molar-refractivity contribution in [3.63, 3.8) is 0 Å². The van der Waals surface area contributed by atoms with E-state index in [9.17, 15) is 9.59 Å². The Labute approximate surface area is 211 Å². The molecule has 5 heteroatoms. The SMILES string of the molecule is CCCCCCCC(C)CCCC(C)CCC(CC=CCOC(C)=O)OC(=O)CCCN(C)C. The average Bonchev–Trinajstić information content (AvgIpc) is 2.76. The molecule has 0 amide bonds. The van der Waals surface area contributed by atoms with Gasteiger partial charge in [0, 0.05) is 19.8 Å². The molecule has 0 bridgehead atoms. The van der Waals surface area contributed by atoms with Gasteiger partial charge in [0.2, 0.25) is 0 Å². The molecule has 0 aromatic carbocycles. The normalized spacial score (nSPS) is 14.3. The molecule has 0 saturated heterocycles. The number of nitrogens with zero attached hydrogens (tertiary/aromatic N) is 1. The maximum absolute atomic E-state index is 12.3. The van der Waals surface area contributed by atoms with E-state index >= 15 is 0 Å². The number of carbonyl (C=O) groups excluding carboxylic acids is 2. The van der Waals surface area contributed by atoms with E-state index in [1.165, 1.54) is 64.7 Å². The van der Waals surface area contributed by atoms with E-state index < -0.39 is 0 Å². The number of rotatable bonds is 22. The lowest BCUT2D eigenvalue weighted by Crippen LogP contribution is -2.20. The van der Waals surface area contributed by atoms with Crippen LogP contribution in [0.15, 0.2) is 12.2 Å². The van der Waals surface area contributed by atoms with E-state index in [1.807, 2.05) is 26.2 Å². The highest BCUT2D eigenvalue weighted by Gasteiger charge is 2.15. The van der Waals surface area contributed by atoms with Gasteiger partial charge in [-0.25, -0.2) is 0 Å². The summed E-state index contributed by atoms with van der Waals surface area (Å²) in [5, 5.41) is 0. The summed E-state index contributed by atoms with van der Waals surface area (Å²) in [6.07, 6.45) is 19.6. The molecule has 200 valence electrons. The molecule has 0 saturated carbocycles. The van der Waals surface area contributed by atoms with Crippen molar-refractivity contribution >= 4 is 11.9 Å². The van der Waals surface area contributed by atoms with Crippen molar-refractivity contribution in [2.75, 3.05) is 27.2 Å². The Hall–Kier alpha value is -1.36. The zero-order chi connectivity index (χ0) is 25.6. The van der Waals surface area contributed by atoms with E-state index in [0.29, 0.717) is 18.8 Å². The van der Waals surface area contributed by atoms with E-state index in [4.69, 9.17) is 9.47 Å². The number of hydrogen-bond donors (Lipinski definition) is 0. The summed E-state index contributed by atoms with van der Waals surface area (Å²) in [6, 6.07) is 0. The summed E-state index contributed by atoms with van der Waals surface area (Å²) in [4.78, 5) is 25.3. The topological polar surface area (TPSA) is 55.8 Å². The standard InChI is InChI=1S/C29H55NO4/c1-7-8-9-10-11-16-25(2)17-14-18-26(3)21-22-28(19-12-13-24-33-27(4)31)34-29(32)20-15-23-30(5)6/h12-13,25-26,28H,7-11,14-24H2,1-6H3. The van der Waals surface area contributed by atoms with E-state index in [-0.39, 0.29) is 24.6 Å². The Bertz CT molecular complexity index is 532. The fourth-order valence-corrected chi connectivity index (χ4v) is 4.16. The maximum atomic E-state index is 12.3. The molecule has 0 spiro atoms. The minimum absolute atomic E-state index is 0.107. The van der Waals surface area contributed by atoms with Gasteiger partial charge in [-0.3, -0.25) is 9.59 Å². The lowest BCUT2D eigenvalue weighted by molar-refractivity contribution is -0.149. The Morgan fingerprint density at radius 3 is 2.12 bits per heavy atom. The van der Waals surface area contributed by atoms with Crippen LogP contribution >= 0.6 is 0 Å². The van der Waals surface area contributed by atoms with E-state index in [0.717, 1.165) is 31.7 Å². The molecule has 0 aromatic rings. The molecule has 0 fully saturated rings. The summed E-state index contributed by atoms with van der Waals surface area (Å²) in [5.41, 5.74) is 0. The van der Waals surface area contributed by atoms with Gasteiger partial charge in [-0.15, -0.1) is 0 Å². The molecule has 0 aliphatic rings. The molecule has 0 aliphatic heterocycles. The first kappa shape index (κ1) is 32.6. The van der Waals surface area contributed by atoms with Crippen LogP contribution < -0.4 is 0 Å². The number of esters is 2. The van der Waals surface area contributed by atoms with Crippen molar-refractivity contribution in [1.82, 2.24) is 4.90 Å². The first-order chi connectivity index (χ1) is 16.2. The minimum atomic E-state index is -0.284. The van der Waals surface area contributed by atoms with Crippen molar-refractivity contribution in [3.8, 4) is 0 Å². The van der Waals surface area contributed by atoms with Crippen LogP contribution in [0.2, 0.25) is 0 Å².